The second-order valence-corrected chi connectivity index (χ2v) is 4.51. The van der Waals surface area contributed by atoms with Crippen molar-refractivity contribution in [3.63, 3.8) is 0 Å². The summed E-state index contributed by atoms with van der Waals surface area (Å²) >= 11 is 0. The number of rotatable bonds is 1. The van der Waals surface area contributed by atoms with E-state index in [0.29, 0.717) is 5.95 Å². The van der Waals surface area contributed by atoms with Crippen LogP contribution in [0, 0.1) is 6.92 Å². The number of nitrogens with zero attached hydrogens (tertiary/aromatic N) is 3. The van der Waals surface area contributed by atoms with Crippen LogP contribution in [-0.4, -0.2) is 39.9 Å². The fraction of sp³-hybridized carbons (Fsp3) is 0.636. The highest BCUT2D eigenvalue weighted by molar-refractivity contribution is 5.31. The first-order valence-corrected chi connectivity index (χ1v) is 5.65. The van der Waals surface area contributed by atoms with Crippen LogP contribution in [0.3, 0.4) is 0 Å². The molecule has 0 aliphatic carbocycles. The maximum absolute atomic E-state index is 12.6. The van der Waals surface area contributed by atoms with Gasteiger partial charge in [0.2, 0.25) is 5.95 Å². The molecule has 7 heteroatoms. The van der Waals surface area contributed by atoms with Gasteiger partial charge in [-0.05, 0) is 13.0 Å². The summed E-state index contributed by atoms with van der Waals surface area (Å²) in [6.45, 7) is 1.99. The number of piperidine rings is 1. The van der Waals surface area contributed by atoms with E-state index in [1.807, 2.05) is 0 Å². The number of hydrogen-bond donors (Lipinski definition) is 1. The molecule has 1 fully saturated rings. The van der Waals surface area contributed by atoms with Gasteiger partial charge in [0, 0.05) is 37.8 Å². The van der Waals surface area contributed by atoms with Gasteiger partial charge in [-0.1, -0.05) is 0 Å². The van der Waals surface area contributed by atoms with Gasteiger partial charge >= 0.3 is 6.18 Å². The molecular formula is C11H14F3N3O. The van der Waals surface area contributed by atoms with Gasteiger partial charge in [-0.15, -0.1) is 0 Å². The van der Waals surface area contributed by atoms with Gasteiger partial charge in [0.15, 0.2) is 5.60 Å². The van der Waals surface area contributed by atoms with E-state index >= 15 is 0 Å². The zero-order chi connectivity index (χ0) is 13.4. The van der Waals surface area contributed by atoms with Crippen LogP contribution in [0.25, 0.3) is 0 Å². The molecule has 0 radical (unpaired) electrons. The largest absolute Gasteiger partial charge is 0.417 e. The van der Waals surface area contributed by atoms with Crippen molar-refractivity contribution in [2.45, 2.75) is 31.5 Å². The third-order valence-electron chi connectivity index (χ3n) is 3.18. The third-order valence-corrected chi connectivity index (χ3v) is 3.18. The molecule has 0 amide bonds. The van der Waals surface area contributed by atoms with Crippen LogP contribution < -0.4 is 4.90 Å². The highest BCUT2D eigenvalue weighted by atomic mass is 19.4. The average molecular weight is 261 g/mol. The van der Waals surface area contributed by atoms with Gasteiger partial charge in [-0.25, -0.2) is 9.97 Å². The maximum Gasteiger partial charge on any atom is 0.417 e. The van der Waals surface area contributed by atoms with Crippen molar-refractivity contribution in [1.29, 1.82) is 0 Å². The molecule has 4 nitrogen and oxygen atoms in total. The van der Waals surface area contributed by atoms with Gasteiger partial charge in [-0.2, -0.15) is 13.2 Å². The predicted octanol–water partition coefficient (Wildman–Crippen LogP) is 1.68. The zero-order valence-corrected chi connectivity index (χ0v) is 9.91. The Bertz CT molecular complexity index is 428. The highest BCUT2D eigenvalue weighted by Gasteiger charge is 2.54. The van der Waals surface area contributed by atoms with Crippen molar-refractivity contribution in [2.24, 2.45) is 0 Å². The Morgan fingerprint density at radius 3 is 2.44 bits per heavy atom. The van der Waals surface area contributed by atoms with Gasteiger partial charge in [0.05, 0.1) is 0 Å². The Balaban J connectivity index is 2.07. The number of aromatic nitrogens is 2. The van der Waals surface area contributed by atoms with Crippen molar-refractivity contribution in [2.75, 3.05) is 18.0 Å². The lowest BCUT2D eigenvalue weighted by molar-refractivity contribution is -0.266. The summed E-state index contributed by atoms with van der Waals surface area (Å²) in [6.07, 6.45) is -3.71. The van der Waals surface area contributed by atoms with E-state index in [-0.39, 0.29) is 25.9 Å². The Morgan fingerprint density at radius 1 is 1.33 bits per heavy atom. The fourth-order valence-electron chi connectivity index (χ4n) is 1.95. The molecule has 0 atom stereocenters. The number of aliphatic hydroxyl groups is 1. The van der Waals surface area contributed by atoms with Crippen LogP contribution in [0.1, 0.15) is 18.5 Å². The molecule has 0 saturated carbocycles. The van der Waals surface area contributed by atoms with Crippen molar-refractivity contribution < 1.29 is 18.3 Å². The minimum atomic E-state index is -4.58. The minimum absolute atomic E-state index is 0.0967. The third kappa shape index (κ3) is 2.40. The van der Waals surface area contributed by atoms with E-state index in [9.17, 15) is 18.3 Å². The number of anilines is 1. The molecule has 1 aliphatic rings. The lowest BCUT2D eigenvalue weighted by Gasteiger charge is -2.39. The van der Waals surface area contributed by atoms with Crippen molar-refractivity contribution >= 4 is 5.95 Å². The summed E-state index contributed by atoms with van der Waals surface area (Å²) < 4.78 is 37.9. The highest BCUT2D eigenvalue weighted by Crippen LogP contribution is 2.38. The first-order chi connectivity index (χ1) is 8.32. The molecule has 1 saturated heterocycles. The minimum Gasteiger partial charge on any atom is -0.380 e. The lowest BCUT2D eigenvalue weighted by Crippen LogP contribution is -2.53. The van der Waals surface area contributed by atoms with Crippen molar-refractivity contribution in [3.05, 3.63) is 18.0 Å². The van der Waals surface area contributed by atoms with Gasteiger partial charge < -0.3 is 10.0 Å². The standard InChI is InChI=1S/C11H14F3N3O/c1-8-2-5-15-9(16-8)17-6-3-10(18,4-7-17)11(12,13)14/h2,5,18H,3-4,6-7H2,1H3. The molecule has 0 aromatic carbocycles. The first kappa shape index (κ1) is 13.1. The molecule has 1 aromatic heterocycles. The molecule has 100 valence electrons. The monoisotopic (exact) mass is 261 g/mol. The molecule has 2 rings (SSSR count). The fourth-order valence-corrected chi connectivity index (χ4v) is 1.95. The average Bonchev–Trinajstić information content (AvgIpc) is 2.28. The van der Waals surface area contributed by atoms with Gasteiger partial charge in [0.1, 0.15) is 0 Å². The van der Waals surface area contributed by atoms with E-state index in [1.165, 1.54) is 0 Å². The van der Waals surface area contributed by atoms with Crippen molar-refractivity contribution in [1.82, 2.24) is 9.97 Å². The maximum atomic E-state index is 12.6. The normalized spacial score (nSPS) is 19.9. The van der Waals surface area contributed by atoms with E-state index in [0.717, 1.165) is 5.69 Å². The smallest absolute Gasteiger partial charge is 0.380 e. The summed E-state index contributed by atoms with van der Waals surface area (Å²) in [7, 11) is 0. The molecule has 1 aliphatic heterocycles. The number of alkyl halides is 3. The second-order valence-electron chi connectivity index (χ2n) is 4.51. The number of aryl methyl sites for hydroxylation is 1. The molecule has 0 unspecified atom stereocenters. The van der Waals surface area contributed by atoms with Crippen LogP contribution in [0.5, 0.6) is 0 Å². The number of hydrogen-bond acceptors (Lipinski definition) is 4. The summed E-state index contributed by atoms with van der Waals surface area (Å²) in [5, 5.41) is 9.53. The van der Waals surface area contributed by atoms with E-state index in [2.05, 4.69) is 9.97 Å². The Labute approximate surface area is 102 Å². The molecule has 0 spiro atoms. The molecule has 1 aromatic rings. The topological polar surface area (TPSA) is 49.2 Å². The quantitative estimate of drug-likeness (QED) is 0.835. The molecular weight excluding hydrogens is 247 g/mol. The first-order valence-electron chi connectivity index (χ1n) is 5.65. The molecule has 18 heavy (non-hydrogen) atoms. The van der Waals surface area contributed by atoms with E-state index in [4.69, 9.17) is 0 Å². The summed E-state index contributed by atoms with van der Waals surface area (Å²) in [5.74, 6) is 0.416. The lowest BCUT2D eigenvalue weighted by atomic mass is 9.91. The van der Waals surface area contributed by atoms with Gasteiger partial charge in [0.25, 0.3) is 0 Å². The zero-order valence-electron chi connectivity index (χ0n) is 9.91. The van der Waals surface area contributed by atoms with Crippen LogP contribution in [-0.2, 0) is 0 Å². The van der Waals surface area contributed by atoms with E-state index in [1.54, 1.807) is 24.1 Å². The van der Waals surface area contributed by atoms with Crippen molar-refractivity contribution in [3.8, 4) is 0 Å². The summed E-state index contributed by atoms with van der Waals surface area (Å²) in [5.41, 5.74) is -1.82. The van der Waals surface area contributed by atoms with E-state index < -0.39 is 11.8 Å². The number of halogens is 3. The summed E-state index contributed by atoms with van der Waals surface area (Å²) in [6, 6.07) is 1.72. The van der Waals surface area contributed by atoms with Crippen LogP contribution in [0.15, 0.2) is 12.3 Å². The molecule has 1 N–H and O–H groups in total. The Morgan fingerprint density at radius 2 is 1.94 bits per heavy atom. The molecule has 0 bridgehead atoms. The second kappa shape index (κ2) is 4.38. The Hall–Kier alpha value is -1.37. The van der Waals surface area contributed by atoms with Gasteiger partial charge in [-0.3, -0.25) is 0 Å². The summed E-state index contributed by atoms with van der Waals surface area (Å²) in [4.78, 5) is 9.84. The SMILES string of the molecule is Cc1ccnc(N2CCC(O)(C(F)(F)F)CC2)n1. The predicted molar refractivity (Wildman–Crippen MR) is 59.2 cm³/mol. The Kier molecular flexibility index (Phi) is 3.18. The van der Waals surface area contributed by atoms with Crippen LogP contribution in [0.2, 0.25) is 0 Å². The van der Waals surface area contributed by atoms with Crippen LogP contribution in [0.4, 0.5) is 19.1 Å². The van der Waals surface area contributed by atoms with Crippen LogP contribution >= 0.6 is 0 Å². The molecule has 2 heterocycles.